The number of hydrogen-bond acceptors (Lipinski definition) is 6. The summed E-state index contributed by atoms with van der Waals surface area (Å²) in [4.78, 5) is 19.3. The average Bonchev–Trinajstić information content (AvgIpc) is 3.30. The van der Waals surface area contributed by atoms with Crippen molar-refractivity contribution >= 4 is 5.78 Å². The fraction of sp³-hybridized carbons (Fsp3) is 0.515. The van der Waals surface area contributed by atoms with Crippen molar-refractivity contribution in [1.29, 1.82) is 0 Å². The molecule has 40 heavy (non-hydrogen) atoms. The zero-order chi connectivity index (χ0) is 28.6. The van der Waals surface area contributed by atoms with E-state index >= 15 is 0 Å². The van der Waals surface area contributed by atoms with Crippen LogP contribution in [0.4, 0.5) is 0 Å². The number of aromatic nitrogens is 2. The van der Waals surface area contributed by atoms with E-state index in [1.54, 1.807) is 14.2 Å². The fourth-order valence-electron chi connectivity index (χ4n) is 5.91. The Morgan fingerprint density at radius 3 is 2.58 bits per heavy atom. The molecule has 3 aromatic rings. The normalized spacial score (nSPS) is 18.4. The molecule has 2 aliphatic rings. The highest BCUT2D eigenvalue weighted by Gasteiger charge is 2.34. The van der Waals surface area contributed by atoms with Crippen molar-refractivity contribution in [2.45, 2.75) is 72.8 Å². The Morgan fingerprint density at radius 2 is 1.88 bits per heavy atom. The lowest BCUT2D eigenvalue weighted by atomic mass is 9.81. The molecule has 0 spiro atoms. The van der Waals surface area contributed by atoms with Gasteiger partial charge in [-0.2, -0.15) is 0 Å². The number of carbonyl (C=O) groups is 1. The predicted molar refractivity (Wildman–Crippen MR) is 156 cm³/mol. The van der Waals surface area contributed by atoms with E-state index < -0.39 is 0 Å². The highest BCUT2D eigenvalue weighted by atomic mass is 16.5. The predicted octanol–water partition coefficient (Wildman–Crippen LogP) is 6.78. The van der Waals surface area contributed by atoms with Gasteiger partial charge in [0, 0.05) is 24.2 Å². The van der Waals surface area contributed by atoms with Gasteiger partial charge in [-0.3, -0.25) is 9.36 Å². The lowest BCUT2D eigenvalue weighted by Gasteiger charge is -2.30. The second-order valence-corrected chi connectivity index (χ2v) is 12.2. The Bertz CT molecular complexity index is 1400. The van der Waals surface area contributed by atoms with E-state index in [9.17, 15) is 4.79 Å². The standard InChI is InChI=1S/C33H42N2O5/c1-20(2)40-29-18-27-23(17-28(29)38-7)8-11-26-30(31(36)22-12-14-33(4,5)19-39-15-13-22)34-32(35(26)27)25-10-9-24(37-6)16-21(25)3/h9-10,16-18,20,22H,8,11-15,19H2,1-7H3. The van der Waals surface area contributed by atoms with Crippen LogP contribution in [-0.2, 0) is 17.6 Å². The smallest absolute Gasteiger partial charge is 0.186 e. The molecule has 7 nitrogen and oxygen atoms in total. The van der Waals surface area contributed by atoms with Gasteiger partial charge < -0.3 is 18.9 Å². The number of hydrogen-bond donors (Lipinski definition) is 0. The second-order valence-electron chi connectivity index (χ2n) is 12.2. The summed E-state index contributed by atoms with van der Waals surface area (Å²) in [7, 11) is 3.34. The van der Waals surface area contributed by atoms with E-state index in [4.69, 9.17) is 23.9 Å². The van der Waals surface area contributed by atoms with Crippen molar-refractivity contribution in [1.82, 2.24) is 9.55 Å². The molecule has 5 rings (SSSR count). The summed E-state index contributed by atoms with van der Waals surface area (Å²) in [5.41, 5.74) is 5.74. The van der Waals surface area contributed by atoms with Crippen LogP contribution in [0.2, 0.25) is 0 Å². The van der Waals surface area contributed by atoms with E-state index in [2.05, 4.69) is 31.4 Å². The number of methoxy groups -OCH3 is 2. The number of imidazole rings is 1. The zero-order valence-corrected chi connectivity index (χ0v) is 24.9. The van der Waals surface area contributed by atoms with E-state index in [1.165, 1.54) is 0 Å². The number of nitrogens with zero attached hydrogens (tertiary/aromatic N) is 2. The summed E-state index contributed by atoms with van der Waals surface area (Å²) >= 11 is 0. The summed E-state index contributed by atoms with van der Waals surface area (Å²) in [5, 5.41) is 0. The number of Topliss-reactive ketones (excluding diaryl/α,β-unsaturated/α-hetero) is 1. The molecular formula is C33H42N2O5. The first-order valence-electron chi connectivity index (χ1n) is 14.4. The van der Waals surface area contributed by atoms with E-state index in [0.29, 0.717) is 23.8 Å². The van der Waals surface area contributed by atoms with E-state index in [-0.39, 0.29) is 23.2 Å². The maximum absolute atomic E-state index is 14.2. The van der Waals surface area contributed by atoms with Gasteiger partial charge in [0.1, 0.15) is 17.3 Å². The van der Waals surface area contributed by atoms with Crippen molar-refractivity contribution in [3.05, 3.63) is 52.8 Å². The molecule has 1 aromatic heterocycles. The van der Waals surface area contributed by atoms with Gasteiger partial charge in [-0.25, -0.2) is 4.98 Å². The second kappa shape index (κ2) is 11.3. The van der Waals surface area contributed by atoms with Crippen LogP contribution in [-0.4, -0.2) is 48.9 Å². The minimum atomic E-state index is -0.110. The molecule has 0 N–H and O–H groups in total. The quantitative estimate of drug-likeness (QED) is 0.304. The molecular weight excluding hydrogens is 504 g/mol. The Labute approximate surface area is 237 Å². The fourth-order valence-corrected chi connectivity index (χ4v) is 5.91. The van der Waals surface area contributed by atoms with Crippen LogP contribution in [0.25, 0.3) is 17.1 Å². The SMILES string of the molecule is COc1ccc(-c2nc(C(=O)C3CCOCC(C)(C)CC3)c3n2-c2cc(OC(C)C)c(OC)cc2CC3)c(C)c1. The molecule has 2 aliphatic heterocycles. The van der Waals surface area contributed by atoms with Crippen LogP contribution >= 0.6 is 0 Å². The first-order valence-corrected chi connectivity index (χ1v) is 14.4. The van der Waals surface area contributed by atoms with Crippen LogP contribution in [0.1, 0.15) is 74.3 Å². The van der Waals surface area contributed by atoms with Crippen LogP contribution in [0.3, 0.4) is 0 Å². The third kappa shape index (κ3) is 5.49. The van der Waals surface area contributed by atoms with Gasteiger partial charge in [-0.05, 0) is 93.7 Å². The van der Waals surface area contributed by atoms with Gasteiger partial charge in [-0.1, -0.05) is 13.8 Å². The van der Waals surface area contributed by atoms with Gasteiger partial charge in [0.05, 0.1) is 38.3 Å². The van der Waals surface area contributed by atoms with Gasteiger partial charge in [-0.15, -0.1) is 0 Å². The largest absolute Gasteiger partial charge is 0.497 e. The first kappa shape index (κ1) is 28.2. The summed E-state index contributed by atoms with van der Waals surface area (Å²) in [6.45, 7) is 11.8. The summed E-state index contributed by atoms with van der Waals surface area (Å²) in [6, 6.07) is 10.1. The number of aryl methyl sites for hydroxylation is 2. The van der Waals surface area contributed by atoms with Gasteiger partial charge in [0.25, 0.3) is 0 Å². The van der Waals surface area contributed by atoms with Crippen molar-refractivity contribution in [2.75, 3.05) is 27.4 Å². The molecule has 0 aliphatic carbocycles. The van der Waals surface area contributed by atoms with Crippen molar-refractivity contribution in [3.8, 4) is 34.3 Å². The maximum atomic E-state index is 14.2. The van der Waals surface area contributed by atoms with E-state index in [0.717, 1.165) is 78.4 Å². The number of benzene rings is 2. The monoisotopic (exact) mass is 546 g/mol. The number of rotatable bonds is 7. The van der Waals surface area contributed by atoms with Gasteiger partial charge >= 0.3 is 0 Å². The average molecular weight is 547 g/mol. The molecule has 2 aromatic carbocycles. The third-order valence-corrected chi connectivity index (χ3v) is 8.12. The topological polar surface area (TPSA) is 71.8 Å². The number of ether oxygens (including phenoxy) is 4. The van der Waals surface area contributed by atoms with Crippen molar-refractivity contribution in [3.63, 3.8) is 0 Å². The van der Waals surface area contributed by atoms with Crippen molar-refractivity contribution in [2.24, 2.45) is 11.3 Å². The van der Waals surface area contributed by atoms with Crippen LogP contribution in [0.5, 0.6) is 17.2 Å². The van der Waals surface area contributed by atoms with Crippen molar-refractivity contribution < 1.29 is 23.7 Å². The lowest BCUT2D eigenvalue weighted by molar-refractivity contribution is 0.0284. The Morgan fingerprint density at radius 1 is 1.07 bits per heavy atom. The molecule has 0 saturated carbocycles. The van der Waals surface area contributed by atoms with Gasteiger partial charge in [0.15, 0.2) is 17.3 Å². The van der Waals surface area contributed by atoms with Crippen LogP contribution < -0.4 is 14.2 Å². The Kier molecular flexibility index (Phi) is 7.96. The first-order chi connectivity index (χ1) is 19.1. The minimum absolute atomic E-state index is 0.0102. The van der Waals surface area contributed by atoms with Gasteiger partial charge in [0.2, 0.25) is 0 Å². The molecule has 0 radical (unpaired) electrons. The molecule has 0 amide bonds. The molecule has 1 unspecified atom stereocenters. The summed E-state index contributed by atoms with van der Waals surface area (Å²) in [6.07, 6.45) is 4.02. The third-order valence-electron chi connectivity index (χ3n) is 8.12. The van der Waals surface area contributed by atoms with Crippen LogP contribution in [0.15, 0.2) is 30.3 Å². The highest BCUT2D eigenvalue weighted by molar-refractivity contribution is 5.98. The highest BCUT2D eigenvalue weighted by Crippen LogP contribution is 2.41. The molecule has 1 atom stereocenters. The zero-order valence-electron chi connectivity index (χ0n) is 24.9. The minimum Gasteiger partial charge on any atom is -0.497 e. The molecule has 1 fully saturated rings. The Hall–Kier alpha value is -3.32. The molecule has 3 heterocycles. The molecule has 0 bridgehead atoms. The van der Waals surface area contributed by atoms with E-state index in [1.807, 2.05) is 38.1 Å². The molecule has 1 saturated heterocycles. The summed E-state index contributed by atoms with van der Waals surface area (Å²) < 4.78 is 25.4. The van der Waals surface area contributed by atoms with Crippen LogP contribution in [0, 0.1) is 18.3 Å². The number of fused-ring (bicyclic) bond motifs is 3. The number of carbonyl (C=O) groups excluding carboxylic acids is 1. The Balaban J connectivity index is 1.67. The molecule has 7 heteroatoms. The maximum Gasteiger partial charge on any atom is 0.186 e. The lowest BCUT2D eigenvalue weighted by Crippen LogP contribution is -2.28. The molecule has 214 valence electrons. The number of ketones is 1. The summed E-state index contributed by atoms with van der Waals surface area (Å²) in [5.74, 6) is 2.97.